The first-order valence-electron chi connectivity index (χ1n) is 6.96. The second-order valence-corrected chi connectivity index (χ2v) is 5.07. The zero-order chi connectivity index (χ0) is 15.0. The van der Waals surface area contributed by atoms with Crippen molar-refractivity contribution in [3.8, 4) is 17.3 Å². The first-order chi connectivity index (χ1) is 10.1. The average Bonchev–Trinajstić information content (AvgIpc) is 2.91. The largest absolute Gasteiger partial charge is 0.507 e. The molecule has 1 aromatic carbocycles. The lowest BCUT2D eigenvalue weighted by Crippen LogP contribution is -2.07. The van der Waals surface area contributed by atoms with Crippen LogP contribution in [0.5, 0.6) is 5.75 Å². The van der Waals surface area contributed by atoms with Crippen LogP contribution in [0, 0.1) is 6.92 Å². The molecule has 0 spiro atoms. The molecule has 3 rings (SSSR count). The summed E-state index contributed by atoms with van der Waals surface area (Å²) in [5.74, 6) is 0.789. The van der Waals surface area contributed by atoms with Crippen molar-refractivity contribution >= 4 is 11.0 Å². The molecule has 0 fully saturated rings. The van der Waals surface area contributed by atoms with Gasteiger partial charge >= 0.3 is 5.63 Å². The Morgan fingerprint density at radius 1 is 1.19 bits per heavy atom. The summed E-state index contributed by atoms with van der Waals surface area (Å²) in [5, 5.41) is 11.2. The molecule has 0 aliphatic heterocycles. The van der Waals surface area contributed by atoms with Gasteiger partial charge in [0.05, 0.1) is 5.56 Å². The summed E-state index contributed by atoms with van der Waals surface area (Å²) in [6, 6.07) is 9.39. The Morgan fingerprint density at radius 3 is 2.67 bits per heavy atom. The number of furan rings is 1. The molecule has 0 saturated carbocycles. The molecular formula is C17H16O4. The van der Waals surface area contributed by atoms with Crippen LogP contribution in [-0.4, -0.2) is 5.11 Å². The lowest BCUT2D eigenvalue weighted by molar-refractivity contribution is 0.429. The van der Waals surface area contributed by atoms with Crippen LogP contribution in [0.1, 0.15) is 24.5 Å². The molecule has 0 aliphatic carbocycles. The quantitative estimate of drug-likeness (QED) is 0.789. The van der Waals surface area contributed by atoms with Crippen LogP contribution in [0.3, 0.4) is 0 Å². The van der Waals surface area contributed by atoms with Crippen molar-refractivity contribution in [1.82, 2.24) is 0 Å². The number of fused-ring (bicyclic) bond motifs is 1. The van der Waals surface area contributed by atoms with E-state index in [1.807, 2.05) is 37.3 Å². The Labute approximate surface area is 121 Å². The number of benzene rings is 1. The van der Waals surface area contributed by atoms with Gasteiger partial charge in [0.1, 0.15) is 11.3 Å². The molecule has 108 valence electrons. The third-order valence-corrected chi connectivity index (χ3v) is 3.57. The lowest BCUT2D eigenvalue weighted by atomic mass is 10.0. The van der Waals surface area contributed by atoms with Crippen molar-refractivity contribution < 1.29 is 13.9 Å². The fraction of sp³-hybridized carbons (Fsp3) is 0.235. The first kappa shape index (κ1) is 13.5. The topological polar surface area (TPSA) is 63.6 Å². The van der Waals surface area contributed by atoms with Crippen LogP contribution < -0.4 is 5.63 Å². The van der Waals surface area contributed by atoms with Gasteiger partial charge in [-0.15, -0.1) is 0 Å². The highest BCUT2D eigenvalue weighted by Crippen LogP contribution is 2.34. The van der Waals surface area contributed by atoms with Crippen molar-refractivity contribution in [2.75, 3.05) is 0 Å². The van der Waals surface area contributed by atoms with Gasteiger partial charge in [0.2, 0.25) is 0 Å². The second kappa shape index (κ2) is 5.13. The van der Waals surface area contributed by atoms with Gasteiger partial charge in [-0.25, -0.2) is 4.79 Å². The number of aromatic hydroxyl groups is 1. The zero-order valence-corrected chi connectivity index (χ0v) is 12.0. The predicted molar refractivity (Wildman–Crippen MR) is 80.6 cm³/mol. The molecular weight excluding hydrogens is 268 g/mol. The van der Waals surface area contributed by atoms with Crippen molar-refractivity contribution in [3.63, 3.8) is 0 Å². The highest BCUT2D eigenvalue weighted by molar-refractivity contribution is 5.82. The smallest absolute Gasteiger partial charge is 0.343 e. The molecule has 2 aromatic heterocycles. The van der Waals surface area contributed by atoms with E-state index < -0.39 is 5.63 Å². The second-order valence-electron chi connectivity index (χ2n) is 5.07. The molecule has 0 amide bonds. The molecule has 0 radical (unpaired) electrons. The maximum atomic E-state index is 11.8. The first-order valence-corrected chi connectivity index (χ1v) is 6.96. The molecule has 0 saturated heterocycles. The molecule has 3 aromatic rings. The Hall–Kier alpha value is -2.49. The van der Waals surface area contributed by atoms with Gasteiger partial charge in [-0.2, -0.15) is 0 Å². The standard InChI is InChI=1S/C17H16O4/c1-3-6-12-15(18)10(2)17(19)21-16(12)14-9-11-7-4-5-8-13(11)20-14/h4-5,7-9,18H,3,6H2,1-2H3. The minimum absolute atomic E-state index is 0.00329. The maximum absolute atomic E-state index is 11.8. The Morgan fingerprint density at radius 2 is 1.95 bits per heavy atom. The number of hydrogen-bond acceptors (Lipinski definition) is 4. The molecule has 0 unspecified atom stereocenters. The summed E-state index contributed by atoms with van der Waals surface area (Å²) in [7, 11) is 0. The van der Waals surface area contributed by atoms with Crippen LogP contribution in [0.4, 0.5) is 0 Å². The van der Waals surface area contributed by atoms with Gasteiger partial charge < -0.3 is 13.9 Å². The van der Waals surface area contributed by atoms with E-state index in [2.05, 4.69) is 0 Å². The fourth-order valence-corrected chi connectivity index (χ4v) is 2.44. The van der Waals surface area contributed by atoms with E-state index in [1.54, 1.807) is 6.92 Å². The van der Waals surface area contributed by atoms with Crippen molar-refractivity contribution in [1.29, 1.82) is 0 Å². The van der Waals surface area contributed by atoms with Crippen LogP contribution in [0.2, 0.25) is 0 Å². The SMILES string of the molecule is CCCc1c(-c2cc3ccccc3o2)oc(=O)c(C)c1O. The lowest BCUT2D eigenvalue weighted by Gasteiger charge is -2.09. The number of para-hydroxylation sites is 1. The zero-order valence-electron chi connectivity index (χ0n) is 12.0. The minimum Gasteiger partial charge on any atom is -0.507 e. The van der Waals surface area contributed by atoms with E-state index in [4.69, 9.17) is 8.83 Å². The third-order valence-electron chi connectivity index (χ3n) is 3.57. The molecule has 1 N–H and O–H groups in total. The van der Waals surface area contributed by atoms with Gasteiger partial charge in [0.15, 0.2) is 11.5 Å². The van der Waals surface area contributed by atoms with E-state index >= 15 is 0 Å². The molecule has 0 atom stereocenters. The van der Waals surface area contributed by atoms with Crippen LogP contribution in [-0.2, 0) is 6.42 Å². The molecule has 0 bridgehead atoms. The van der Waals surface area contributed by atoms with Gasteiger partial charge in [-0.3, -0.25) is 0 Å². The van der Waals surface area contributed by atoms with Crippen molar-refractivity contribution in [3.05, 3.63) is 51.9 Å². The van der Waals surface area contributed by atoms with E-state index in [1.165, 1.54) is 0 Å². The highest BCUT2D eigenvalue weighted by atomic mass is 16.4. The molecule has 0 aliphatic rings. The monoisotopic (exact) mass is 284 g/mol. The van der Waals surface area contributed by atoms with E-state index in [0.717, 1.165) is 17.4 Å². The molecule has 4 heteroatoms. The summed E-state index contributed by atoms with van der Waals surface area (Å²) in [5.41, 5.74) is 1.03. The number of hydrogen-bond donors (Lipinski definition) is 1. The van der Waals surface area contributed by atoms with E-state index in [0.29, 0.717) is 23.5 Å². The number of rotatable bonds is 3. The molecule has 2 heterocycles. The summed E-state index contributed by atoms with van der Waals surface area (Å²) < 4.78 is 11.1. The molecule has 4 nitrogen and oxygen atoms in total. The van der Waals surface area contributed by atoms with E-state index in [-0.39, 0.29) is 11.3 Å². The summed E-state index contributed by atoms with van der Waals surface area (Å²) in [6.45, 7) is 3.56. The fourth-order valence-electron chi connectivity index (χ4n) is 2.44. The van der Waals surface area contributed by atoms with Gasteiger partial charge in [-0.1, -0.05) is 31.5 Å². The van der Waals surface area contributed by atoms with Crippen molar-refractivity contribution in [2.24, 2.45) is 0 Å². The van der Waals surface area contributed by atoms with Crippen LogP contribution in [0.15, 0.2) is 44.0 Å². The van der Waals surface area contributed by atoms with Crippen molar-refractivity contribution in [2.45, 2.75) is 26.7 Å². The Bertz CT molecular complexity index is 822. The summed E-state index contributed by atoms with van der Waals surface area (Å²) in [6.07, 6.45) is 1.44. The average molecular weight is 284 g/mol. The Balaban J connectivity index is 2.27. The highest BCUT2D eigenvalue weighted by Gasteiger charge is 2.20. The minimum atomic E-state index is -0.539. The third kappa shape index (κ3) is 2.23. The Kier molecular flexibility index (Phi) is 3.29. The normalized spacial score (nSPS) is 11.1. The molecule has 21 heavy (non-hydrogen) atoms. The van der Waals surface area contributed by atoms with Crippen LogP contribution in [0.25, 0.3) is 22.5 Å². The van der Waals surface area contributed by atoms with Crippen LogP contribution >= 0.6 is 0 Å². The van der Waals surface area contributed by atoms with Gasteiger partial charge in [-0.05, 0) is 25.5 Å². The summed E-state index contributed by atoms with van der Waals surface area (Å²) >= 11 is 0. The predicted octanol–water partition coefficient (Wildman–Crippen LogP) is 4.02. The van der Waals surface area contributed by atoms with E-state index in [9.17, 15) is 9.90 Å². The summed E-state index contributed by atoms with van der Waals surface area (Å²) in [4.78, 5) is 11.8. The van der Waals surface area contributed by atoms with Gasteiger partial charge in [0.25, 0.3) is 0 Å². The maximum Gasteiger partial charge on any atom is 0.343 e. The van der Waals surface area contributed by atoms with Gasteiger partial charge in [0, 0.05) is 10.9 Å².